The standard InChI is InChI=1S/C9H12F2N2O.C2H6/c1-6-12-8(13-14-6)4-7-2-3-9(10,11)5-7;1-2/h7H,2-5H2,1H3;1-2H3. The Morgan fingerprint density at radius 3 is 2.56 bits per heavy atom. The van der Waals surface area contributed by atoms with E-state index in [2.05, 4.69) is 10.1 Å². The van der Waals surface area contributed by atoms with Crippen LogP contribution in [0.3, 0.4) is 0 Å². The third-order valence-corrected chi connectivity index (χ3v) is 2.55. The number of rotatable bonds is 2. The number of alkyl halides is 2. The van der Waals surface area contributed by atoms with Crippen molar-refractivity contribution in [3.05, 3.63) is 11.7 Å². The largest absolute Gasteiger partial charge is 0.340 e. The van der Waals surface area contributed by atoms with Gasteiger partial charge in [-0.25, -0.2) is 8.78 Å². The van der Waals surface area contributed by atoms with Gasteiger partial charge in [-0.1, -0.05) is 19.0 Å². The van der Waals surface area contributed by atoms with Crippen LogP contribution in [0.2, 0.25) is 0 Å². The molecular formula is C11H18F2N2O. The first-order chi connectivity index (χ1) is 7.55. The first kappa shape index (κ1) is 13.1. The van der Waals surface area contributed by atoms with Crippen LogP contribution in [0.25, 0.3) is 0 Å². The van der Waals surface area contributed by atoms with Crippen LogP contribution in [-0.2, 0) is 6.42 Å². The Morgan fingerprint density at radius 1 is 1.44 bits per heavy atom. The maximum absolute atomic E-state index is 12.8. The van der Waals surface area contributed by atoms with E-state index in [1.54, 1.807) is 6.92 Å². The van der Waals surface area contributed by atoms with Crippen LogP contribution in [0, 0.1) is 12.8 Å². The zero-order valence-corrected chi connectivity index (χ0v) is 9.96. The molecule has 3 nitrogen and oxygen atoms in total. The van der Waals surface area contributed by atoms with Crippen molar-refractivity contribution in [1.29, 1.82) is 0 Å². The van der Waals surface area contributed by atoms with Crippen molar-refractivity contribution in [3.8, 4) is 0 Å². The van der Waals surface area contributed by atoms with Gasteiger partial charge in [-0.15, -0.1) is 0 Å². The van der Waals surface area contributed by atoms with Gasteiger partial charge >= 0.3 is 0 Å². The van der Waals surface area contributed by atoms with Crippen molar-refractivity contribution in [1.82, 2.24) is 10.1 Å². The normalized spacial score (nSPS) is 22.7. The Morgan fingerprint density at radius 2 is 2.12 bits per heavy atom. The van der Waals surface area contributed by atoms with Crippen LogP contribution in [0.4, 0.5) is 8.78 Å². The molecule has 0 saturated heterocycles. The molecule has 0 aliphatic heterocycles. The minimum Gasteiger partial charge on any atom is -0.340 e. The number of nitrogens with zero attached hydrogens (tertiary/aromatic N) is 2. The average molecular weight is 232 g/mol. The van der Waals surface area contributed by atoms with E-state index in [1.807, 2.05) is 13.8 Å². The molecule has 0 bridgehead atoms. The lowest BCUT2D eigenvalue weighted by atomic mass is 10.0. The fraction of sp³-hybridized carbons (Fsp3) is 0.818. The number of aryl methyl sites for hydroxylation is 1. The summed E-state index contributed by atoms with van der Waals surface area (Å²) in [5, 5.41) is 3.70. The highest BCUT2D eigenvalue weighted by Crippen LogP contribution is 2.39. The summed E-state index contributed by atoms with van der Waals surface area (Å²) >= 11 is 0. The molecule has 1 unspecified atom stereocenters. The van der Waals surface area contributed by atoms with E-state index in [9.17, 15) is 8.78 Å². The van der Waals surface area contributed by atoms with Gasteiger partial charge in [-0.05, 0) is 12.3 Å². The highest BCUT2D eigenvalue weighted by Gasteiger charge is 2.39. The quantitative estimate of drug-likeness (QED) is 0.784. The second kappa shape index (κ2) is 5.37. The summed E-state index contributed by atoms with van der Waals surface area (Å²) in [7, 11) is 0. The van der Waals surface area contributed by atoms with Gasteiger partial charge in [0.2, 0.25) is 11.8 Å². The maximum Gasteiger partial charge on any atom is 0.248 e. The first-order valence-electron chi connectivity index (χ1n) is 5.72. The molecule has 1 aliphatic rings. The SMILES string of the molecule is CC.Cc1nc(CC2CCC(F)(F)C2)no1. The van der Waals surface area contributed by atoms with Crippen LogP contribution in [0.1, 0.15) is 44.8 Å². The summed E-state index contributed by atoms with van der Waals surface area (Å²) in [6.45, 7) is 5.69. The first-order valence-corrected chi connectivity index (χ1v) is 5.72. The van der Waals surface area contributed by atoms with Gasteiger partial charge in [0, 0.05) is 26.2 Å². The second-order valence-corrected chi connectivity index (χ2v) is 3.90. The predicted molar refractivity (Wildman–Crippen MR) is 56.4 cm³/mol. The van der Waals surface area contributed by atoms with Crippen molar-refractivity contribution < 1.29 is 13.3 Å². The fourth-order valence-corrected chi connectivity index (χ4v) is 1.90. The summed E-state index contributed by atoms with van der Waals surface area (Å²) in [5.74, 6) is -1.44. The van der Waals surface area contributed by atoms with Crippen molar-refractivity contribution >= 4 is 0 Å². The van der Waals surface area contributed by atoms with Gasteiger partial charge in [-0.3, -0.25) is 0 Å². The fourth-order valence-electron chi connectivity index (χ4n) is 1.90. The third-order valence-electron chi connectivity index (χ3n) is 2.55. The summed E-state index contributed by atoms with van der Waals surface area (Å²) in [5.41, 5.74) is 0. The van der Waals surface area contributed by atoms with Crippen molar-refractivity contribution in [2.75, 3.05) is 0 Å². The maximum atomic E-state index is 12.8. The highest BCUT2D eigenvalue weighted by atomic mass is 19.3. The third kappa shape index (κ3) is 3.54. The van der Waals surface area contributed by atoms with Gasteiger partial charge in [0.15, 0.2) is 5.82 Å². The molecule has 2 rings (SSSR count). The Hall–Kier alpha value is -1.00. The lowest BCUT2D eigenvalue weighted by Gasteiger charge is -2.07. The second-order valence-electron chi connectivity index (χ2n) is 3.90. The Labute approximate surface area is 94.2 Å². The van der Waals surface area contributed by atoms with Gasteiger partial charge in [-0.2, -0.15) is 4.98 Å². The number of halogens is 2. The average Bonchev–Trinajstić information content (AvgIpc) is 2.77. The Bertz CT molecular complexity index is 326. The van der Waals surface area contributed by atoms with E-state index in [4.69, 9.17) is 4.52 Å². The molecule has 1 fully saturated rings. The van der Waals surface area contributed by atoms with E-state index in [1.165, 1.54) is 0 Å². The minimum absolute atomic E-state index is 0.00185. The summed E-state index contributed by atoms with van der Waals surface area (Å²) < 4.78 is 30.5. The molecule has 0 N–H and O–H groups in total. The van der Waals surface area contributed by atoms with E-state index in [0.717, 1.165) is 0 Å². The Balaban J connectivity index is 0.000000606. The summed E-state index contributed by atoms with van der Waals surface area (Å²) in [6, 6.07) is 0. The monoisotopic (exact) mass is 232 g/mol. The van der Waals surface area contributed by atoms with Crippen molar-refractivity contribution in [3.63, 3.8) is 0 Å². The van der Waals surface area contributed by atoms with Gasteiger partial charge in [0.25, 0.3) is 0 Å². The molecule has 0 spiro atoms. The molecule has 0 amide bonds. The van der Waals surface area contributed by atoms with Gasteiger partial charge in [0.1, 0.15) is 0 Å². The van der Waals surface area contributed by atoms with E-state index in [-0.39, 0.29) is 18.8 Å². The van der Waals surface area contributed by atoms with Crippen molar-refractivity contribution in [2.24, 2.45) is 5.92 Å². The molecule has 0 aromatic carbocycles. The topological polar surface area (TPSA) is 38.9 Å². The molecule has 1 heterocycles. The highest BCUT2D eigenvalue weighted by molar-refractivity contribution is 4.91. The zero-order chi connectivity index (χ0) is 12.2. The van der Waals surface area contributed by atoms with Crippen LogP contribution in [0.5, 0.6) is 0 Å². The van der Waals surface area contributed by atoms with Crippen LogP contribution in [0.15, 0.2) is 4.52 Å². The van der Waals surface area contributed by atoms with Gasteiger partial charge in [0.05, 0.1) is 0 Å². The molecule has 1 saturated carbocycles. The molecular weight excluding hydrogens is 214 g/mol. The number of hydrogen-bond donors (Lipinski definition) is 0. The molecule has 5 heteroatoms. The Kier molecular flexibility index (Phi) is 4.38. The lowest BCUT2D eigenvalue weighted by molar-refractivity contribution is 0.00499. The lowest BCUT2D eigenvalue weighted by Crippen LogP contribution is -2.10. The predicted octanol–water partition coefficient (Wildman–Crippen LogP) is 3.38. The van der Waals surface area contributed by atoms with E-state index in [0.29, 0.717) is 24.6 Å². The van der Waals surface area contributed by atoms with Crippen LogP contribution < -0.4 is 0 Å². The van der Waals surface area contributed by atoms with Crippen LogP contribution in [-0.4, -0.2) is 16.1 Å². The van der Waals surface area contributed by atoms with E-state index >= 15 is 0 Å². The molecule has 1 aromatic heterocycles. The smallest absolute Gasteiger partial charge is 0.248 e. The molecule has 1 aromatic rings. The zero-order valence-electron chi connectivity index (χ0n) is 9.96. The van der Waals surface area contributed by atoms with Crippen LogP contribution >= 0.6 is 0 Å². The summed E-state index contributed by atoms with van der Waals surface area (Å²) in [4.78, 5) is 4.00. The van der Waals surface area contributed by atoms with Crippen molar-refractivity contribution in [2.45, 2.75) is 52.4 Å². The molecule has 0 radical (unpaired) electrons. The summed E-state index contributed by atoms with van der Waals surface area (Å²) in [6.07, 6.45) is 1.02. The van der Waals surface area contributed by atoms with E-state index < -0.39 is 5.92 Å². The number of hydrogen-bond acceptors (Lipinski definition) is 3. The minimum atomic E-state index is -2.48. The molecule has 92 valence electrons. The molecule has 1 atom stereocenters. The van der Waals surface area contributed by atoms with Gasteiger partial charge < -0.3 is 4.52 Å². The molecule has 1 aliphatic carbocycles. The number of aromatic nitrogens is 2. The molecule has 16 heavy (non-hydrogen) atoms.